The van der Waals surface area contributed by atoms with E-state index >= 15 is 0 Å². The van der Waals surface area contributed by atoms with E-state index in [1.807, 2.05) is 0 Å². The molecule has 0 fully saturated rings. The molecular weight excluding hydrogens is 420 g/mol. The molecule has 2 atom stereocenters. The predicted molar refractivity (Wildman–Crippen MR) is 109 cm³/mol. The first-order valence-corrected chi connectivity index (χ1v) is 9.47. The van der Waals surface area contributed by atoms with Crippen LogP contribution in [0.1, 0.15) is 18.1 Å². The van der Waals surface area contributed by atoms with Gasteiger partial charge in [-0.3, -0.25) is 14.4 Å². The molecule has 2 aromatic carbocycles. The molecule has 2 rings (SSSR count). The molecule has 0 aliphatic heterocycles. The molecule has 0 bridgehead atoms. The van der Waals surface area contributed by atoms with Crippen LogP contribution in [0.2, 0.25) is 10.0 Å². The summed E-state index contributed by atoms with van der Waals surface area (Å²) in [6, 6.07) is 8.31. The van der Waals surface area contributed by atoms with Gasteiger partial charge in [0.05, 0.1) is 0 Å². The molecule has 0 saturated carbocycles. The van der Waals surface area contributed by atoms with Gasteiger partial charge < -0.3 is 16.4 Å². The zero-order valence-corrected chi connectivity index (χ0v) is 17.1. The standard InChI is InChI=1S/C20H20Cl2FN3O3/c1-11(27)25-18(9-12-5-7-13(23)8-6-12)20(29)26-17(19(24)28)10-14-15(21)3-2-4-16(14)22/h2-8,17-18H,9-10H2,1H3,(H2,24,28)(H,25,27)(H,26,29)/t17-,18-/m1/s1. The minimum Gasteiger partial charge on any atom is -0.368 e. The van der Waals surface area contributed by atoms with Crippen molar-refractivity contribution in [1.29, 1.82) is 0 Å². The van der Waals surface area contributed by atoms with Crippen molar-refractivity contribution in [3.63, 3.8) is 0 Å². The van der Waals surface area contributed by atoms with Crippen molar-refractivity contribution in [2.45, 2.75) is 31.8 Å². The van der Waals surface area contributed by atoms with E-state index in [0.717, 1.165) is 0 Å². The van der Waals surface area contributed by atoms with Crippen LogP contribution < -0.4 is 16.4 Å². The first-order valence-electron chi connectivity index (χ1n) is 8.71. The van der Waals surface area contributed by atoms with Crippen LogP contribution in [0.5, 0.6) is 0 Å². The summed E-state index contributed by atoms with van der Waals surface area (Å²) >= 11 is 12.3. The lowest BCUT2D eigenvalue weighted by Gasteiger charge is -2.22. The van der Waals surface area contributed by atoms with Gasteiger partial charge in [-0.2, -0.15) is 0 Å². The zero-order valence-electron chi connectivity index (χ0n) is 15.5. The Morgan fingerprint density at radius 1 is 0.966 bits per heavy atom. The van der Waals surface area contributed by atoms with Crippen LogP contribution in [0.3, 0.4) is 0 Å². The molecule has 0 aromatic heterocycles. The largest absolute Gasteiger partial charge is 0.368 e. The normalized spacial score (nSPS) is 12.7. The number of rotatable bonds is 8. The number of nitrogens with one attached hydrogen (secondary N) is 2. The molecule has 0 radical (unpaired) electrons. The van der Waals surface area contributed by atoms with Crippen LogP contribution in [-0.2, 0) is 27.2 Å². The smallest absolute Gasteiger partial charge is 0.243 e. The Balaban J connectivity index is 2.18. The maximum atomic E-state index is 13.1. The molecular formula is C20H20Cl2FN3O3. The number of primary amides is 1. The van der Waals surface area contributed by atoms with E-state index in [1.165, 1.54) is 31.2 Å². The second-order valence-corrected chi connectivity index (χ2v) is 7.27. The third-order valence-corrected chi connectivity index (χ3v) is 4.89. The van der Waals surface area contributed by atoms with Gasteiger partial charge in [-0.1, -0.05) is 41.4 Å². The van der Waals surface area contributed by atoms with Crippen molar-refractivity contribution in [3.8, 4) is 0 Å². The fourth-order valence-electron chi connectivity index (χ4n) is 2.74. The lowest BCUT2D eigenvalue weighted by Crippen LogP contribution is -2.54. The van der Waals surface area contributed by atoms with E-state index in [2.05, 4.69) is 10.6 Å². The number of halogens is 3. The third-order valence-electron chi connectivity index (χ3n) is 4.18. The zero-order chi connectivity index (χ0) is 21.6. The lowest BCUT2D eigenvalue weighted by molar-refractivity contribution is -0.130. The van der Waals surface area contributed by atoms with Crippen LogP contribution in [-0.4, -0.2) is 29.8 Å². The van der Waals surface area contributed by atoms with Gasteiger partial charge in [0.15, 0.2) is 0 Å². The van der Waals surface area contributed by atoms with Crippen LogP contribution in [0.4, 0.5) is 4.39 Å². The summed E-state index contributed by atoms with van der Waals surface area (Å²) in [5, 5.41) is 5.73. The summed E-state index contributed by atoms with van der Waals surface area (Å²) in [7, 11) is 0. The van der Waals surface area contributed by atoms with E-state index in [-0.39, 0.29) is 12.8 Å². The van der Waals surface area contributed by atoms with Gasteiger partial charge in [0.25, 0.3) is 0 Å². The molecule has 0 spiro atoms. The Kier molecular flexibility index (Phi) is 7.99. The average molecular weight is 440 g/mol. The maximum absolute atomic E-state index is 13.1. The van der Waals surface area contributed by atoms with Gasteiger partial charge in [-0.05, 0) is 35.4 Å². The summed E-state index contributed by atoms with van der Waals surface area (Å²) in [5.41, 5.74) is 6.53. The van der Waals surface area contributed by atoms with Gasteiger partial charge >= 0.3 is 0 Å². The lowest BCUT2D eigenvalue weighted by atomic mass is 10.0. The van der Waals surface area contributed by atoms with E-state index < -0.39 is 35.6 Å². The second kappa shape index (κ2) is 10.2. The summed E-state index contributed by atoms with van der Waals surface area (Å²) in [5.74, 6) is -2.24. The Hall–Kier alpha value is -2.64. The van der Waals surface area contributed by atoms with Gasteiger partial charge in [0.1, 0.15) is 17.9 Å². The Morgan fingerprint density at radius 3 is 2.07 bits per heavy atom. The van der Waals surface area contributed by atoms with Gasteiger partial charge in [-0.15, -0.1) is 0 Å². The molecule has 3 amide bonds. The Morgan fingerprint density at radius 2 is 1.55 bits per heavy atom. The van der Waals surface area contributed by atoms with Crippen LogP contribution in [0.25, 0.3) is 0 Å². The van der Waals surface area contributed by atoms with Gasteiger partial charge in [-0.25, -0.2) is 4.39 Å². The highest BCUT2D eigenvalue weighted by atomic mass is 35.5. The predicted octanol–water partition coefficient (Wildman–Crippen LogP) is 2.39. The number of nitrogens with two attached hydrogens (primary N) is 1. The number of hydrogen-bond donors (Lipinski definition) is 3. The maximum Gasteiger partial charge on any atom is 0.243 e. The molecule has 6 nitrogen and oxygen atoms in total. The molecule has 4 N–H and O–H groups in total. The first-order chi connectivity index (χ1) is 13.7. The Bertz CT molecular complexity index is 886. The minimum absolute atomic E-state index is 0.0110. The van der Waals surface area contributed by atoms with E-state index in [1.54, 1.807) is 18.2 Å². The van der Waals surface area contributed by atoms with E-state index in [9.17, 15) is 18.8 Å². The number of benzene rings is 2. The number of carbonyl (C=O) groups is 3. The summed E-state index contributed by atoms with van der Waals surface area (Å²) in [4.78, 5) is 36.2. The molecule has 9 heteroatoms. The number of amides is 3. The van der Waals surface area contributed by atoms with Gasteiger partial charge in [0, 0.05) is 29.8 Å². The SMILES string of the molecule is CC(=O)N[C@H](Cc1ccc(F)cc1)C(=O)N[C@H](Cc1c(Cl)cccc1Cl)C(N)=O. The minimum atomic E-state index is -1.09. The van der Waals surface area contributed by atoms with Gasteiger partial charge in [0.2, 0.25) is 17.7 Å². The summed E-state index contributed by atoms with van der Waals surface area (Å²) in [6.07, 6.45) is 0.0902. The number of carbonyl (C=O) groups excluding carboxylic acids is 3. The molecule has 154 valence electrons. The second-order valence-electron chi connectivity index (χ2n) is 6.45. The molecule has 0 saturated heterocycles. The third kappa shape index (κ3) is 6.73. The van der Waals surface area contributed by atoms with E-state index in [4.69, 9.17) is 28.9 Å². The summed E-state index contributed by atoms with van der Waals surface area (Å²) < 4.78 is 13.1. The van der Waals surface area contributed by atoms with Crippen molar-refractivity contribution >= 4 is 40.9 Å². The molecule has 29 heavy (non-hydrogen) atoms. The van der Waals surface area contributed by atoms with Crippen LogP contribution in [0.15, 0.2) is 42.5 Å². The highest BCUT2D eigenvalue weighted by molar-refractivity contribution is 6.36. The van der Waals surface area contributed by atoms with Crippen LogP contribution >= 0.6 is 23.2 Å². The highest BCUT2D eigenvalue weighted by Gasteiger charge is 2.26. The Labute approximate surface area is 177 Å². The molecule has 0 unspecified atom stereocenters. The van der Waals surface area contributed by atoms with Crippen molar-refractivity contribution in [3.05, 3.63) is 69.5 Å². The summed E-state index contributed by atoms with van der Waals surface area (Å²) in [6.45, 7) is 1.26. The van der Waals surface area contributed by atoms with E-state index in [0.29, 0.717) is 21.2 Å². The molecule has 0 heterocycles. The highest BCUT2D eigenvalue weighted by Crippen LogP contribution is 2.25. The molecule has 0 aliphatic carbocycles. The average Bonchev–Trinajstić information content (AvgIpc) is 2.64. The quantitative estimate of drug-likeness (QED) is 0.588. The first kappa shape index (κ1) is 22.6. The topological polar surface area (TPSA) is 101 Å². The van der Waals surface area contributed by atoms with Crippen LogP contribution in [0, 0.1) is 5.82 Å². The number of hydrogen-bond acceptors (Lipinski definition) is 3. The van der Waals surface area contributed by atoms with Crippen molar-refractivity contribution in [1.82, 2.24) is 10.6 Å². The van der Waals surface area contributed by atoms with Crippen molar-refractivity contribution in [2.24, 2.45) is 5.73 Å². The monoisotopic (exact) mass is 439 g/mol. The van der Waals surface area contributed by atoms with Crippen molar-refractivity contribution < 1.29 is 18.8 Å². The fourth-order valence-corrected chi connectivity index (χ4v) is 3.29. The van der Waals surface area contributed by atoms with Crippen molar-refractivity contribution in [2.75, 3.05) is 0 Å². The fraction of sp³-hybridized carbons (Fsp3) is 0.250. The molecule has 2 aromatic rings. The molecule has 0 aliphatic rings.